The summed E-state index contributed by atoms with van der Waals surface area (Å²) in [5, 5.41) is 9.99. The van der Waals surface area contributed by atoms with Crippen molar-refractivity contribution in [2.45, 2.75) is 5.92 Å². The minimum Gasteiger partial charge on any atom is -0.496 e. The maximum atomic E-state index is 9.40. The van der Waals surface area contributed by atoms with Gasteiger partial charge >= 0.3 is 0 Å². The maximum absolute atomic E-state index is 9.40. The van der Waals surface area contributed by atoms with Crippen LogP contribution in [-0.2, 0) is 0 Å². The van der Waals surface area contributed by atoms with Gasteiger partial charge in [0.1, 0.15) is 5.75 Å². The Morgan fingerprint density at radius 3 is 2.50 bits per heavy atom. The van der Waals surface area contributed by atoms with Crippen molar-refractivity contribution in [1.29, 1.82) is 5.26 Å². The molecule has 0 aliphatic heterocycles. The van der Waals surface area contributed by atoms with E-state index in [1.807, 2.05) is 30.3 Å². The molecule has 0 saturated heterocycles. The number of hydrogen-bond acceptors (Lipinski definition) is 2. The number of halogens is 1. The van der Waals surface area contributed by atoms with Crippen LogP contribution in [0, 0.1) is 11.3 Å². The summed E-state index contributed by atoms with van der Waals surface area (Å²) < 4.78 is 5.29. The Bertz CT molecular complexity index is 575. The molecule has 90 valence electrons. The Balaban J connectivity index is 2.52. The molecule has 2 aromatic carbocycles. The van der Waals surface area contributed by atoms with E-state index in [1.165, 1.54) is 0 Å². The van der Waals surface area contributed by atoms with E-state index in [4.69, 9.17) is 16.3 Å². The summed E-state index contributed by atoms with van der Waals surface area (Å²) >= 11 is 6.00. The molecule has 0 saturated carbocycles. The number of nitriles is 1. The van der Waals surface area contributed by atoms with Gasteiger partial charge in [-0.15, -0.1) is 0 Å². The molecule has 0 bridgehead atoms. The van der Waals surface area contributed by atoms with E-state index in [-0.39, 0.29) is 5.92 Å². The van der Waals surface area contributed by atoms with Crippen LogP contribution < -0.4 is 4.74 Å². The molecule has 3 heteroatoms. The molecule has 2 rings (SSSR count). The third kappa shape index (κ3) is 2.47. The van der Waals surface area contributed by atoms with E-state index in [0.29, 0.717) is 10.8 Å². The summed E-state index contributed by atoms with van der Waals surface area (Å²) in [6.45, 7) is 0. The van der Waals surface area contributed by atoms with Gasteiger partial charge in [-0.3, -0.25) is 0 Å². The van der Waals surface area contributed by atoms with Crippen LogP contribution in [0.3, 0.4) is 0 Å². The summed E-state index contributed by atoms with van der Waals surface area (Å²) in [4.78, 5) is 0. The van der Waals surface area contributed by atoms with Crippen molar-refractivity contribution in [3.8, 4) is 11.8 Å². The van der Waals surface area contributed by atoms with Gasteiger partial charge in [0.05, 0.1) is 19.1 Å². The van der Waals surface area contributed by atoms with Gasteiger partial charge in [0.15, 0.2) is 0 Å². The first kappa shape index (κ1) is 12.5. The minimum atomic E-state index is -0.375. The molecule has 0 aromatic heterocycles. The molecule has 0 spiro atoms. The number of methoxy groups -OCH3 is 1. The molecule has 0 radical (unpaired) electrons. The first-order valence-electron chi connectivity index (χ1n) is 5.54. The average Bonchev–Trinajstić information content (AvgIpc) is 2.41. The summed E-state index contributed by atoms with van der Waals surface area (Å²) in [7, 11) is 1.59. The summed E-state index contributed by atoms with van der Waals surface area (Å²) in [5.41, 5.74) is 1.72. The Morgan fingerprint density at radius 2 is 1.89 bits per heavy atom. The van der Waals surface area contributed by atoms with E-state index < -0.39 is 0 Å². The highest BCUT2D eigenvalue weighted by molar-refractivity contribution is 6.30. The standard InChI is InChI=1S/C15H12ClNO/c1-18-15-8-7-12(16)9-13(15)14(10-17)11-5-3-2-4-6-11/h2-9,14H,1H3. The van der Waals surface area contributed by atoms with Crippen molar-refractivity contribution in [2.24, 2.45) is 0 Å². The van der Waals surface area contributed by atoms with Crippen LogP contribution in [0.5, 0.6) is 5.75 Å². The molecule has 18 heavy (non-hydrogen) atoms. The molecule has 0 heterocycles. The fraction of sp³-hybridized carbons (Fsp3) is 0.133. The second kappa shape index (κ2) is 5.57. The highest BCUT2D eigenvalue weighted by atomic mass is 35.5. The molecule has 0 fully saturated rings. The highest BCUT2D eigenvalue weighted by Gasteiger charge is 2.17. The predicted octanol–water partition coefficient (Wildman–Crippen LogP) is 4.00. The number of nitrogens with zero attached hydrogens (tertiary/aromatic N) is 1. The van der Waals surface area contributed by atoms with Crippen LogP contribution in [0.4, 0.5) is 0 Å². The Morgan fingerprint density at radius 1 is 1.17 bits per heavy atom. The quantitative estimate of drug-likeness (QED) is 0.833. The lowest BCUT2D eigenvalue weighted by Gasteiger charge is -2.14. The molecule has 0 N–H and O–H groups in total. The van der Waals surface area contributed by atoms with E-state index in [9.17, 15) is 5.26 Å². The van der Waals surface area contributed by atoms with Crippen molar-refractivity contribution in [2.75, 3.05) is 7.11 Å². The Kier molecular flexibility index (Phi) is 3.86. The van der Waals surface area contributed by atoms with Crippen LogP contribution in [0.15, 0.2) is 48.5 Å². The van der Waals surface area contributed by atoms with E-state index >= 15 is 0 Å². The van der Waals surface area contributed by atoms with Crippen LogP contribution in [-0.4, -0.2) is 7.11 Å². The normalized spacial score (nSPS) is 11.6. The fourth-order valence-electron chi connectivity index (χ4n) is 1.90. The Labute approximate surface area is 111 Å². The molecule has 0 aliphatic carbocycles. The summed E-state index contributed by atoms with van der Waals surface area (Å²) in [6, 6.07) is 17.2. The number of benzene rings is 2. The number of hydrogen-bond donors (Lipinski definition) is 0. The van der Waals surface area contributed by atoms with Crippen LogP contribution in [0.1, 0.15) is 17.0 Å². The van der Waals surface area contributed by atoms with Crippen molar-refractivity contribution >= 4 is 11.6 Å². The number of rotatable bonds is 3. The SMILES string of the molecule is COc1ccc(Cl)cc1C(C#N)c1ccccc1. The lowest BCUT2D eigenvalue weighted by atomic mass is 9.92. The second-order valence-electron chi connectivity index (χ2n) is 3.86. The molecule has 0 aliphatic rings. The molecular formula is C15H12ClNO. The van der Waals surface area contributed by atoms with Crippen LogP contribution in [0.25, 0.3) is 0 Å². The van der Waals surface area contributed by atoms with Gasteiger partial charge in [-0.25, -0.2) is 0 Å². The minimum absolute atomic E-state index is 0.375. The van der Waals surface area contributed by atoms with Crippen molar-refractivity contribution in [3.05, 3.63) is 64.7 Å². The van der Waals surface area contributed by atoms with Crippen LogP contribution in [0.2, 0.25) is 5.02 Å². The third-order valence-corrected chi connectivity index (χ3v) is 3.00. The molecule has 1 unspecified atom stereocenters. The lowest BCUT2D eigenvalue weighted by molar-refractivity contribution is 0.409. The average molecular weight is 258 g/mol. The molecule has 1 atom stereocenters. The zero-order valence-corrected chi connectivity index (χ0v) is 10.7. The lowest BCUT2D eigenvalue weighted by Crippen LogP contribution is -2.01. The third-order valence-electron chi connectivity index (χ3n) is 2.76. The zero-order chi connectivity index (χ0) is 13.0. The molecular weight excluding hydrogens is 246 g/mol. The Hall–Kier alpha value is -1.98. The van der Waals surface area contributed by atoms with Gasteiger partial charge in [0, 0.05) is 10.6 Å². The summed E-state index contributed by atoms with van der Waals surface area (Å²) in [6.07, 6.45) is 0. The van der Waals surface area contributed by atoms with Crippen molar-refractivity contribution in [1.82, 2.24) is 0 Å². The number of ether oxygens (including phenoxy) is 1. The van der Waals surface area contributed by atoms with Gasteiger partial charge in [-0.2, -0.15) is 5.26 Å². The topological polar surface area (TPSA) is 33.0 Å². The van der Waals surface area contributed by atoms with Gasteiger partial charge in [0.25, 0.3) is 0 Å². The molecule has 2 aromatic rings. The largest absolute Gasteiger partial charge is 0.496 e. The molecule has 0 amide bonds. The van der Waals surface area contributed by atoms with E-state index in [0.717, 1.165) is 11.1 Å². The fourth-order valence-corrected chi connectivity index (χ4v) is 2.08. The van der Waals surface area contributed by atoms with E-state index in [1.54, 1.807) is 25.3 Å². The van der Waals surface area contributed by atoms with Gasteiger partial charge in [0.2, 0.25) is 0 Å². The van der Waals surface area contributed by atoms with Crippen molar-refractivity contribution < 1.29 is 4.74 Å². The van der Waals surface area contributed by atoms with Gasteiger partial charge < -0.3 is 4.74 Å². The zero-order valence-electron chi connectivity index (χ0n) is 9.93. The molecule has 2 nitrogen and oxygen atoms in total. The monoisotopic (exact) mass is 257 g/mol. The smallest absolute Gasteiger partial charge is 0.123 e. The highest BCUT2D eigenvalue weighted by Crippen LogP contribution is 2.33. The van der Waals surface area contributed by atoms with Crippen LogP contribution >= 0.6 is 11.6 Å². The maximum Gasteiger partial charge on any atom is 0.123 e. The van der Waals surface area contributed by atoms with Gasteiger partial charge in [-0.1, -0.05) is 41.9 Å². The predicted molar refractivity (Wildman–Crippen MR) is 71.9 cm³/mol. The first-order chi connectivity index (χ1) is 8.76. The summed E-state index contributed by atoms with van der Waals surface area (Å²) in [5.74, 6) is 0.301. The first-order valence-corrected chi connectivity index (χ1v) is 5.92. The second-order valence-corrected chi connectivity index (χ2v) is 4.30. The van der Waals surface area contributed by atoms with Gasteiger partial charge in [-0.05, 0) is 23.8 Å². The van der Waals surface area contributed by atoms with Crippen molar-refractivity contribution in [3.63, 3.8) is 0 Å². The van der Waals surface area contributed by atoms with E-state index in [2.05, 4.69) is 6.07 Å².